The summed E-state index contributed by atoms with van der Waals surface area (Å²) in [4.78, 5) is 17.2. The molecule has 1 fully saturated rings. The number of hydrogen-bond acceptors (Lipinski definition) is 3. The highest BCUT2D eigenvalue weighted by molar-refractivity contribution is 5.78. The molecule has 0 radical (unpaired) electrons. The van der Waals surface area contributed by atoms with Crippen LogP contribution in [-0.4, -0.2) is 62.1 Å². The van der Waals surface area contributed by atoms with E-state index in [0.29, 0.717) is 25.5 Å². The van der Waals surface area contributed by atoms with Crippen molar-refractivity contribution < 1.29 is 13.9 Å². The van der Waals surface area contributed by atoms with Crippen LogP contribution < -0.4 is 0 Å². The van der Waals surface area contributed by atoms with E-state index in [1.165, 1.54) is 17.7 Å². The maximum absolute atomic E-state index is 13.1. The Morgan fingerprint density at radius 1 is 1.04 bits per heavy atom. The summed E-state index contributed by atoms with van der Waals surface area (Å²) in [5.41, 5.74) is 2.18. The largest absolute Gasteiger partial charge is 0.384 e. The average Bonchev–Trinajstić information content (AvgIpc) is 2.92. The van der Waals surface area contributed by atoms with Gasteiger partial charge in [-0.1, -0.05) is 42.5 Å². The number of carbonyl (C=O) groups is 1. The second-order valence-corrected chi connectivity index (χ2v) is 7.50. The van der Waals surface area contributed by atoms with Crippen molar-refractivity contribution >= 4 is 5.91 Å². The number of methoxy groups -OCH3 is 1. The van der Waals surface area contributed by atoms with Crippen LogP contribution in [0.4, 0.5) is 4.39 Å². The molecule has 1 atom stereocenters. The van der Waals surface area contributed by atoms with Crippen molar-refractivity contribution in [3.8, 4) is 0 Å². The zero-order valence-corrected chi connectivity index (χ0v) is 16.5. The number of ether oxygens (including phenoxy) is 1. The Morgan fingerprint density at radius 3 is 2.50 bits per heavy atom. The zero-order valence-electron chi connectivity index (χ0n) is 16.5. The molecule has 0 N–H and O–H groups in total. The molecule has 1 amide bonds. The molecule has 1 heterocycles. The third-order valence-electron chi connectivity index (χ3n) is 5.26. The normalized spacial score (nSPS) is 18.1. The van der Waals surface area contributed by atoms with Gasteiger partial charge < -0.3 is 14.5 Å². The number of nitrogens with zero attached hydrogens (tertiary/aromatic N) is 2. The first-order valence-corrected chi connectivity index (χ1v) is 9.91. The molecule has 0 aromatic heterocycles. The molecular weight excluding hydrogens is 355 g/mol. The van der Waals surface area contributed by atoms with Gasteiger partial charge in [0.25, 0.3) is 0 Å². The summed E-state index contributed by atoms with van der Waals surface area (Å²) in [6.07, 6.45) is 1.31. The van der Waals surface area contributed by atoms with Crippen LogP contribution >= 0.6 is 0 Å². The summed E-state index contributed by atoms with van der Waals surface area (Å²) in [6, 6.07) is 16.7. The fourth-order valence-corrected chi connectivity index (χ4v) is 3.77. The molecule has 5 heteroatoms. The van der Waals surface area contributed by atoms with E-state index in [9.17, 15) is 9.18 Å². The maximum Gasteiger partial charge on any atom is 0.227 e. The number of amides is 1. The van der Waals surface area contributed by atoms with Crippen molar-refractivity contribution in [3.05, 3.63) is 71.5 Å². The van der Waals surface area contributed by atoms with Gasteiger partial charge in [-0.25, -0.2) is 4.39 Å². The van der Waals surface area contributed by atoms with Crippen molar-refractivity contribution in [1.82, 2.24) is 9.80 Å². The molecule has 2 aromatic rings. The predicted octanol–water partition coefficient (Wildman–Crippen LogP) is 3.02. The molecule has 150 valence electrons. The summed E-state index contributed by atoms with van der Waals surface area (Å²) in [6.45, 7) is 4.83. The Labute approximate surface area is 166 Å². The molecule has 28 heavy (non-hydrogen) atoms. The van der Waals surface area contributed by atoms with Crippen molar-refractivity contribution in [2.75, 3.05) is 46.4 Å². The van der Waals surface area contributed by atoms with E-state index in [1.54, 1.807) is 19.2 Å². The molecule has 1 aliphatic heterocycles. The third-order valence-corrected chi connectivity index (χ3v) is 5.26. The number of rotatable bonds is 7. The second kappa shape index (κ2) is 10.3. The van der Waals surface area contributed by atoms with Gasteiger partial charge in [0.15, 0.2) is 0 Å². The lowest BCUT2D eigenvalue weighted by Gasteiger charge is -2.24. The first kappa shape index (κ1) is 20.5. The van der Waals surface area contributed by atoms with Crippen LogP contribution in [0.5, 0.6) is 0 Å². The van der Waals surface area contributed by atoms with Gasteiger partial charge in [-0.15, -0.1) is 0 Å². The minimum atomic E-state index is -0.278. The van der Waals surface area contributed by atoms with Crippen LogP contribution in [0.15, 0.2) is 54.6 Å². The Morgan fingerprint density at radius 2 is 1.79 bits per heavy atom. The molecular formula is C23H29FN2O2. The van der Waals surface area contributed by atoms with Gasteiger partial charge in [0.2, 0.25) is 5.91 Å². The molecule has 1 saturated heterocycles. The molecule has 4 nitrogen and oxygen atoms in total. The Kier molecular flexibility index (Phi) is 7.57. The van der Waals surface area contributed by atoms with E-state index in [0.717, 1.165) is 38.2 Å². The lowest BCUT2D eigenvalue weighted by Crippen LogP contribution is -2.37. The Balaban J connectivity index is 1.59. The minimum absolute atomic E-state index is 0.0950. The minimum Gasteiger partial charge on any atom is -0.384 e. The van der Waals surface area contributed by atoms with Gasteiger partial charge >= 0.3 is 0 Å². The van der Waals surface area contributed by atoms with Crippen LogP contribution in [0.2, 0.25) is 0 Å². The third kappa shape index (κ3) is 6.14. The second-order valence-electron chi connectivity index (χ2n) is 7.50. The van der Waals surface area contributed by atoms with Crippen LogP contribution in [0.25, 0.3) is 0 Å². The first-order chi connectivity index (χ1) is 13.6. The lowest BCUT2D eigenvalue weighted by atomic mass is 10.1. The SMILES string of the molecule is COC[C@@H]1CN(CCc2ccccc2)CCN(C(=O)Cc2ccc(F)cc2)C1. The van der Waals surface area contributed by atoms with Crippen LogP contribution in [0.1, 0.15) is 11.1 Å². The summed E-state index contributed by atoms with van der Waals surface area (Å²) in [5.74, 6) is 0.109. The molecule has 2 aromatic carbocycles. The van der Waals surface area contributed by atoms with Gasteiger partial charge in [-0.2, -0.15) is 0 Å². The van der Waals surface area contributed by atoms with Gasteiger partial charge in [-0.3, -0.25) is 4.79 Å². The summed E-state index contributed by atoms with van der Waals surface area (Å²) in [7, 11) is 1.71. The number of carbonyl (C=O) groups excluding carboxylic acids is 1. The molecule has 3 rings (SSSR count). The lowest BCUT2D eigenvalue weighted by molar-refractivity contribution is -0.130. The monoisotopic (exact) mass is 384 g/mol. The van der Waals surface area contributed by atoms with Crippen molar-refractivity contribution in [3.63, 3.8) is 0 Å². The molecule has 0 saturated carbocycles. The molecule has 0 aliphatic carbocycles. The van der Waals surface area contributed by atoms with Crippen LogP contribution in [0.3, 0.4) is 0 Å². The molecule has 1 aliphatic rings. The topological polar surface area (TPSA) is 32.8 Å². The molecule has 0 unspecified atom stereocenters. The van der Waals surface area contributed by atoms with Gasteiger partial charge in [-0.05, 0) is 29.7 Å². The van der Waals surface area contributed by atoms with Crippen molar-refractivity contribution in [1.29, 1.82) is 0 Å². The highest BCUT2D eigenvalue weighted by Gasteiger charge is 2.25. The Bertz CT molecular complexity index is 736. The summed E-state index contributed by atoms with van der Waals surface area (Å²) < 4.78 is 18.5. The zero-order chi connectivity index (χ0) is 19.8. The van der Waals surface area contributed by atoms with E-state index in [1.807, 2.05) is 11.0 Å². The van der Waals surface area contributed by atoms with E-state index < -0.39 is 0 Å². The average molecular weight is 384 g/mol. The van der Waals surface area contributed by atoms with E-state index in [4.69, 9.17) is 4.74 Å². The van der Waals surface area contributed by atoms with Gasteiger partial charge in [0.05, 0.1) is 13.0 Å². The fourth-order valence-electron chi connectivity index (χ4n) is 3.77. The maximum atomic E-state index is 13.1. The standard InChI is InChI=1S/C23H29FN2O2/c1-28-18-21-16-25(12-11-19-5-3-2-4-6-19)13-14-26(17-21)23(27)15-20-7-9-22(24)10-8-20/h2-10,21H,11-18H2,1H3/t21-/m1/s1. The van der Waals surface area contributed by atoms with E-state index >= 15 is 0 Å². The van der Waals surface area contributed by atoms with Gasteiger partial charge in [0, 0.05) is 45.8 Å². The molecule has 0 spiro atoms. The van der Waals surface area contributed by atoms with Crippen molar-refractivity contribution in [2.24, 2.45) is 5.92 Å². The number of hydrogen-bond donors (Lipinski definition) is 0. The fraction of sp³-hybridized carbons (Fsp3) is 0.435. The highest BCUT2D eigenvalue weighted by atomic mass is 19.1. The van der Waals surface area contributed by atoms with Gasteiger partial charge in [0.1, 0.15) is 5.82 Å². The van der Waals surface area contributed by atoms with E-state index in [2.05, 4.69) is 29.2 Å². The number of halogens is 1. The first-order valence-electron chi connectivity index (χ1n) is 9.91. The van der Waals surface area contributed by atoms with Crippen molar-refractivity contribution in [2.45, 2.75) is 12.8 Å². The Hall–Kier alpha value is -2.24. The summed E-state index contributed by atoms with van der Waals surface area (Å²) in [5, 5.41) is 0. The quantitative estimate of drug-likeness (QED) is 0.736. The molecule has 0 bridgehead atoms. The smallest absolute Gasteiger partial charge is 0.227 e. The predicted molar refractivity (Wildman–Crippen MR) is 109 cm³/mol. The highest BCUT2D eigenvalue weighted by Crippen LogP contribution is 2.14. The summed E-state index contributed by atoms with van der Waals surface area (Å²) >= 11 is 0. The van der Waals surface area contributed by atoms with E-state index in [-0.39, 0.29) is 11.7 Å². The number of benzene rings is 2. The van der Waals surface area contributed by atoms with Crippen LogP contribution in [-0.2, 0) is 22.4 Å². The van der Waals surface area contributed by atoms with Crippen LogP contribution in [0, 0.1) is 11.7 Å².